The number of aryl methyl sites for hydroxylation is 1. The number of benzene rings is 1. The molecule has 5 nitrogen and oxygen atoms in total. The molecule has 2 atom stereocenters. The molecule has 2 rings (SSSR count). The van der Waals surface area contributed by atoms with Crippen molar-refractivity contribution < 1.29 is 14.6 Å². The van der Waals surface area contributed by atoms with E-state index < -0.39 is 0 Å². The summed E-state index contributed by atoms with van der Waals surface area (Å²) in [6.45, 7) is 7.05. The van der Waals surface area contributed by atoms with Crippen molar-refractivity contribution >= 4 is 6.03 Å². The molecule has 1 aromatic rings. The number of amides is 2. The molecule has 0 bridgehead atoms. The number of hydrogen-bond donors (Lipinski definition) is 3. The lowest BCUT2D eigenvalue weighted by molar-refractivity contribution is 0.177. The first-order chi connectivity index (χ1) is 10.9. The van der Waals surface area contributed by atoms with E-state index in [0.717, 1.165) is 36.1 Å². The Morgan fingerprint density at radius 1 is 1.35 bits per heavy atom. The molecule has 0 aromatic heterocycles. The fourth-order valence-electron chi connectivity index (χ4n) is 2.88. The van der Waals surface area contributed by atoms with E-state index in [2.05, 4.69) is 10.6 Å². The summed E-state index contributed by atoms with van der Waals surface area (Å²) in [6.07, 6.45) is 2.50. The monoisotopic (exact) mass is 320 g/mol. The lowest BCUT2D eigenvalue weighted by Crippen LogP contribution is -2.37. The van der Waals surface area contributed by atoms with Crippen LogP contribution in [0.3, 0.4) is 0 Å². The summed E-state index contributed by atoms with van der Waals surface area (Å²) in [5, 5.41) is 15.3. The van der Waals surface area contributed by atoms with Crippen LogP contribution in [-0.4, -0.2) is 29.9 Å². The Kier molecular flexibility index (Phi) is 6.28. The molecule has 0 heterocycles. The zero-order valence-corrected chi connectivity index (χ0v) is 14.3. The van der Waals surface area contributed by atoms with Gasteiger partial charge in [-0.15, -0.1) is 0 Å². The minimum Gasteiger partial charge on any atom is -0.491 e. The molecule has 2 unspecified atom stereocenters. The summed E-state index contributed by atoms with van der Waals surface area (Å²) < 4.78 is 5.81. The van der Waals surface area contributed by atoms with Crippen LogP contribution in [0.5, 0.6) is 5.75 Å². The van der Waals surface area contributed by atoms with Gasteiger partial charge in [-0.25, -0.2) is 4.79 Å². The van der Waals surface area contributed by atoms with Crippen LogP contribution in [0.15, 0.2) is 18.2 Å². The number of aliphatic hydroxyl groups excluding tert-OH is 1. The Balaban J connectivity index is 1.81. The van der Waals surface area contributed by atoms with Gasteiger partial charge < -0.3 is 20.5 Å². The average Bonchev–Trinajstić information content (AvgIpc) is 2.89. The minimum atomic E-state index is -0.201. The van der Waals surface area contributed by atoms with Gasteiger partial charge >= 0.3 is 6.03 Å². The smallest absolute Gasteiger partial charge is 0.315 e. The van der Waals surface area contributed by atoms with Gasteiger partial charge in [0.2, 0.25) is 0 Å². The highest BCUT2D eigenvalue weighted by atomic mass is 16.5. The van der Waals surface area contributed by atoms with E-state index in [1.165, 1.54) is 0 Å². The Hall–Kier alpha value is -1.75. The molecule has 1 aromatic carbocycles. The largest absolute Gasteiger partial charge is 0.491 e. The van der Waals surface area contributed by atoms with Crippen molar-refractivity contribution in [2.75, 3.05) is 6.54 Å². The molecule has 0 saturated heterocycles. The molecule has 3 N–H and O–H groups in total. The summed E-state index contributed by atoms with van der Waals surface area (Å²) in [4.78, 5) is 11.9. The highest BCUT2D eigenvalue weighted by molar-refractivity contribution is 5.73. The number of nitrogens with one attached hydrogen (secondary N) is 2. The van der Waals surface area contributed by atoms with E-state index in [-0.39, 0.29) is 18.2 Å². The molecule has 0 radical (unpaired) electrons. The van der Waals surface area contributed by atoms with Gasteiger partial charge in [-0.1, -0.05) is 12.1 Å². The van der Waals surface area contributed by atoms with Gasteiger partial charge in [-0.2, -0.15) is 0 Å². The molecular weight excluding hydrogens is 292 g/mol. The first-order valence-corrected chi connectivity index (χ1v) is 8.40. The number of hydrogen-bond acceptors (Lipinski definition) is 3. The zero-order valence-electron chi connectivity index (χ0n) is 14.3. The Bertz CT molecular complexity index is 531. The Morgan fingerprint density at radius 3 is 2.78 bits per heavy atom. The maximum Gasteiger partial charge on any atom is 0.315 e. The van der Waals surface area contributed by atoms with Gasteiger partial charge in [-0.3, -0.25) is 0 Å². The topological polar surface area (TPSA) is 70.6 Å². The number of carbonyl (C=O) groups excluding carboxylic acids is 1. The SMILES string of the molecule is Cc1ccc(CNC(=O)NCC2CCC(O)C2)c(OC(C)C)c1. The van der Waals surface area contributed by atoms with Crippen LogP contribution in [0.1, 0.15) is 44.2 Å². The van der Waals surface area contributed by atoms with Gasteiger partial charge in [0, 0.05) is 18.7 Å². The van der Waals surface area contributed by atoms with Crippen molar-refractivity contribution in [3.8, 4) is 5.75 Å². The third-order valence-corrected chi connectivity index (χ3v) is 4.09. The summed E-state index contributed by atoms with van der Waals surface area (Å²) in [5.41, 5.74) is 2.10. The fraction of sp³-hybridized carbons (Fsp3) is 0.611. The molecule has 1 fully saturated rings. The van der Waals surface area contributed by atoms with Crippen LogP contribution in [0.4, 0.5) is 4.79 Å². The van der Waals surface area contributed by atoms with E-state index in [4.69, 9.17) is 4.74 Å². The minimum absolute atomic E-state index is 0.0955. The lowest BCUT2D eigenvalue weighted by Gasteiger charge is -2.16. The van der Waals surface area contributed by atoms with Gasteiger partial charge in [-0.05, 0) is 57.6 Å². The van der Waals surface area contributed by atoms with Crippen LogP contribution in [0.2, 0.25) is 0 Å². The average molecular weight is 320 g/mol. The molecule has 1 saturated carbocycles. The number of urea groups is 1. The van der Waals surface area contributed by atoms with Crippen molar-refractivity contribution in [2.24, 2.45) is 5.92 Å². The molecule has 23 heavy (non-hydrogen) atoms. The Labute approximate surface area is 138 Å². The molecule has 1 aliphatic carbocycles. The van der Waals surface area contributed by atoms with Crippen LogP contribution in [0.25, 0.3) is 0 Å². The number of aliphatic hydroxyl groups is 1. The lowest BCUT2D eigenvalue weighted by atomic mass is 10.1. The highest BCUT2D eigenvalue weighted by Gasteiger charge is 2.22. The van der Waals surface area contributed by atoms with Crippen molar-refractivity contribution in [1.29, 1.82) is 0 Å². The second-order valence-electron chi connectivity index (χ2n) is 6.67. The molecule has 0 spiro atoms. The van der Waals surface area contributed by atoms with E-state index in [0.29, 0.717) is 19.0 Å². The second-order valence-corrected chi connectivity index (χ2v) is 6.67. The second kappa shape index (κ2) is 8.20. The number of carbonyl (C=O) groups is 1. The van der Waals surface area contributed by atoms with Crippen LogP contribution >= 0.6 is 0 Å². The molecule has 2 amide bonds. The van der Waals surface area contributed by atoms with Gasteiger partial charge in [0.25, 0.3) is 0 Å². The van der Waals surface area contributed by atoms with Gasteiger partial charge in [0.1, 0.15) is 5.75 Å². The van der Waals surface area contributed by atoms with Gasteiger partial charge in [0.15, 0.2) is 0 Å². The van der Waals surface area contributed by atoms with Crippen molar-refractivity contribution in [1.82, 2.24) is 10.6 Å². The zero-order chi connectivity index (χ0) is 16.8. The fourth-order valence-corrected chi connectivity index (χ4v) is 2.88. The van der Waals surface area contributed by atoms with Crippen LogP contribution in [0, 0.1) is 12.8 Å². The molecule has 0 aliphatic heterocycles. The van der Waals surface area contributed by atoms with E-state index in [1.54, 1.807) is 0 Å². The van der Waals surface area contributed by atoms with E-state index in [1.807, 2.05) is 39.0 Å². The highest BCUT2D eigenvalue weighted by Crippen LogP contribution is 2.24. The van der Waals surface area contributed by atoms with Gasteiger partial charge in [0.05, 0.1) is 12.2 Å². The summed E-state index contributed by atoms with van der Waals surface area (Å²) >= 11 is 0. The van der Waals surface area contributed by atoms with Crippen molar-refractivity contribution in [2.45, 2.75) is 58.8 Å². The van der Waals surface area contributed by atoms with Crippen molar-refractivity contribution in [3.05, 3.63) is 29.3 Å². The number of ether oxygens (including phenoxy) is 1. The van der Waals surface area contributed by atoms with Crippen molar-refractivity contribution in [3.63, 3.8) is 0 Å². The third kappa shape index (κ3) is 5.75. The van der Waals surface area contributed by atoms with Crippen LogP contribution in [-0.2, 0) is 6.54 Å². The quantitative estimate of drug-likeness (QED) is 0.755. The van der Waals surface area contributed by atoms with Crippen LogP contribution < -0.4 is 15.4 Å². The molecular formula is C18H28N2O3. The normalized spacial score (nSPS) is 20.6. The molecule has 1 aliphatic rings. The standard InChI is InChI=1S/C18H28N2O3/c1-12(2)23-17-8-13(3)4-6-15(17)11-20-18(22)19-10-14-5-7-16(21)9-14/h4,6,8,12,14,16,21H,5,7,9-11H2,1-3H3,(H2,19,20,22). The first kappa shape index (κ1) is 17.6. The predicted molar refractivity (Wildman–Crippen MR) is 90.5 cm³/mol. The summed E-state index contributed by atoms with van der Waals surface area (Å²) in [5.74, 6) is 1.20. The summed E-state index contributed by atoms with van der Waals surface area (Å²) in [6, 6.07) is 5.82. The maximum absolute atomic E-state index is 11.9. The molecule has 5 heteroatoms. The van der Waals surface area contributed by atoms with E-state index in [9.17, 15) is 9.90 Å². The maximum atomic E-state index is 11.9. The molecule has 128 valence electrons. The Morgan fingerprint density at radius 2 is 2.13 bits per heavy atom. The van der Waals surface area contributed by atoms with E-state index >= 15 is 0 Å². The first-order valence-electron chi connectivity index (χ1n) is 8.40. The predicted octanol–water partition coefficient (Wildman–Crippen LogP) is 2.74. The number of rotatable bonds is 6. The third-order valence-electron chi connectivity index (χ3n) is 4.09. The summed E-state index contributed by atoms with van der Waals surface area (Å²) in [7, 11) is 0.